The Hall–Kier alpha value is -8.26. The molecule has 0 heterocycles. The summed E-state index contributed by atoms with van der Waals surface area (Å²) in [5.74, 6) is 0. The van der Waals surface area contributed by atoms with E-state index in [1.165, 1.54) is 77.2 Å². The number of benzene rings is 11. The molecule has 0 saturated carbocycles. The van der Waals surface area contributed by atoms with E-state index in [1.54, 1.807) is 0 Å². The maximum Gasteiger partial charge on any atom is 0.0714 e. The zero-order valence-electron chi connectivity index (χ0n) is 35.3. The van der Waals surface area contributed by atoms with Gasteiger partial charge in [-0.05, 0) is 108 Å². The normalized spacial score (nSPS) is 12.5. The quantitative estimate of drug-likeness (QED) is 0.148. The number of anilines is 3. The van der Waals surface area contributed by atoms with Crippen molar-refractivity contribution in [3.63, 3.8) is 0 Å². The van der Waals surface area contributed by atoms with E-state index in [0.29, 0.717) is 0 Å². The molecule has 64 heavy (non-hydrogen) atoms. The van der Waals surface area contributed by atoms with Gasteiger partial charge in [0.25, 0.3) is 0 Å². The van der Waals surface area contributed by atoms with Crippen molar-refractivity contribution in [3.8, 4) is 44.5 Å². The van der Waals surface area contributed by atoms with Gasteiger partial charge in [-0.1, -0.05) is 231 Å². The van der Waals surface area contributed by atoms with E-state index >= 15 is 0 Å². The lowest BCUT2D eigenvalue weighted by molar-refractivity contribution is 0.769. The lowest BCUT2D eigenvalue weighted by Crippen LogP contribution is -2.28. The van der Waals surface area contributed by atoms with E-state index in [0.717, 1.165) is 28.2 Å². The first-order valence-corrected chi connectivity index (χ1v) is 22.2. The van der Waals surface area contributed by atoms with Crippen LogP contribution in [0.4, 0.5) is 17.1 Å². The highest BCUT2D eigenvalue weighted by Crippen LogP contribution is 2.59. The Morgan fingerprint density at radius 3 is 1.42 bits per heavy atom. The third-order valence-corrected chi connectivity index (χ3v) is 13.3. The average molecular weight is 814 g/mol. The zero-order valence-corrected chi connectivity index (χ0v) is 35.3. The van der Waals surface area contributed by atoms with E-state index in [1.807, 2.05) is 0 Å². The second-order valence-corrected chi connectivity index (χ2v) is 16.7. The fourth-order valence-corrected chi connectivity index (χ4v) is 10.6. The average Bonchev–Trinajstić information content (AvgIpc) is 3.68. The van der Waals surface area contributed by atoms with Crippen molar-refractivity contribution in [2.24, 2.45) is 0 Å². The van der Waals surface area contributed by atoms with Gasteiger partial charge in [-0.15, -0.1) is 0 Å². The maximum atomic E-state index is 2.54. The molecule has 0 aliphatic heterocycles. The number of hydrogen-bond donors (Lipinski definition) is 0. The van der Waals surface area contributed by atoms with Gasteiger partial charge in [-0.3, -0.25) is 0 Å². The van der Waals surface area contributed by atoms with Gasteiger partial charge in [0.15, 0.2) is 0 Å². The lowest BCUT2D eigenvalue weighted by Gasteiger charge is -2.34. The van der Waals surface area contributed by atoms with Crippen LogP contribution < -0.4 is 4.90 Å². The van der Waals surface area contributed by atoms with E-state index in [9.17, 15) is 0 Å². The Labute approximate surface area is 374 Å². The van der Waals surface area contributed by atoms with Crippen molar-refractivity contribution >= 4 is 38.6 Å². The van der Waals surface area contributed by atoms with Crippen LogP contribution in [0.5, 0.6) is 0 Å². The molecule has 0 amide bonds. The van der Waals surface area contributed by atoms with Crippen LogP contribution in [0.15, 0.2) is 261 Å². The molecular weight excluding hydrogens is 771 g/mol. The Kier molecular flexibility index (Phi) is 9.13. The zero-order chi connectivity index (χ0) is 42.5. The second kappa shape index (κ2) is 15.6. The van der Waals surface area contributed by atoms with Gasteiger partial charge in [-0.25, -0.2) is 0 Å². The molecule has 0 saturated heterocycles. The van der Waals surface area contributed by atoms with Crippen LogP contribution in [0.2, 0.25) is 0 Å². The molecule has 11 aromatic rings. The SMILES string of the molecule is c1ccc(-c2ccc(-c3cc4c(c5ccccc35)-c3ccccc3C4(c3ccccc3)c3ccccc3)c(N(c3ccccc3)c3ccc(-c4ccccc4)c4ccccc34)c2)cc1. The highest BCUT2D eigenvalue weighted by Gasteiger charge is 2.47. The largest absolute Gasteiger partial charge is 0.309 e. The first-order valence-electron chi connectivity index (χ1n) is 22.2. The van der Waals surface area contributed by atoms with Gasteiger partial charge >= 0.3 is 0 Å². The summed E-state index contributed by atoms with van der Waals surface area (Å²) in [5, 5.41) is 4.87. The molecule has 0 radical (unpaired) electrons. The van der Waals surface area contributed by atoms with Crippen molar-refractivity contribution in [1.82, 2.24) is 0 Å². The smallest absolute Gasteiger partial charge is 0.0714 e. The van der Waals surface area contributed by atoms with Crippen molar-refractivity contribution in [3.05, 3.63) is 283 Å². The Morgan fingerprint density at radius 1 is 0.266 bits per heavy atom. The van der Waals surface area contributed by atoms with E-state index in [-0.39, 0.29) is 0 Å². The van der Waals surface area contributed by atoms with Gasteiger partial charge < -0.3 is 4.90 Å². The summed E-state index contributed by atoms with van der Waals surface area (Å²) in [6.07, 6.45) is 0. The lowest BCUT2D eigenvalue weighted by atomic mass is 9.67. The summed E-state index contributed by atoms with van der Waals surface area (Å²) in [6.45, 7) is 0. The van der Waals surface area contributed by atoms with Crippen LogP contribution in [0.3, 0.4) is 0 Å². The maximum absolute atomic E-state index is 2.54. The third-order valence-electron chi connectivity index (χ3n) is 13.3. The topological polar surface area (TPSA) is 3.24 Å². The molecule has 0 N–H and O–H groups in total. The molecule has 1 nitrogen and oxygen atoms in total. The summed E-state index contributed by atoms with van der Waals surface area (Å²) >= 11 is 0. The summed E-state index contributed by atoms with van der Waals surface area (Å²) in [7, 11) is 0. The molecule has 1 aliphatic carbocycles. The van der Waals surface area contributed by atoms with E-state index in [4.69, 9.17) is 0 Å². The first kappa shape index (κ1) is 37.5. The van der Waals surface area contributed by atoms with Crippen LogP contribution in [0, 0.1) is 0 Å². The molecule has 1 aliphatic rings. The molecule has 12 rings (SSSR count). The standard InChI is InChI=1S/C63H43N/c1-6-22-44(23-7-1)46-38-39-54(61(42-46)64(49-30-14-5-15-31-49)60-41-40-50(45-24-8-2-9-25-45)51-32-16-18-34-53(51)60)57-43-59-62(55-35-19-17-33-52(55)57)56-36-20-21-37-58(56)63(59,47-26-10-3-11-27-47)48-28-12-4-13-29-48/h1-43H. The van der Waals surface area contributed by atoms with Crippen LogP contribution in [-0.4, -0.2) is 0 Å². The van der Waals surface area contributed by atoms with Crippen LogP contribution in [0.1, 0.15) is 22.3 Å². The van der Waals surface area contributed by atoms with Crippen LogP contribution in [0.25, 0.3) is 66.1 Å². The van der Waals surface area contributed by atoms with Crippen molar-refractivity contribution in [2.75, 3.05) is 4.90 Å². The van der Waals surface area contributed by atoms with Gasteiger partial charge in [0.2, 0.25) is 0 Å². The molecule has 0 spiro atoms. The molecule has 0 fully saturated rings. The first-order chi connectivity index (χ1) is 31.8. The molecule has 1 heteroatoms. The monoisotopic (exact) mass is 813 g/mol. The minimum Gasteiger partial charge on any atom is -0.309 e. The molecule has 0 aromatic heterocycles. The molecule has 0 atom stereocenters. The van der Waals surface area contributed by atoms with Gasteiger partial charge in [-0.2, -0.15) is 0 Å². The van der Waals surface area contributed by atoms with Gasteiger partial charge in [0.1, 0.15) is 0 Å². The van der Waals surface area contributed by atoms with Crippen LogP contribution >= 0.6 is 0 Å². The highest BCUT2D eigenvalue weighted by atomic mass is 15.1. The van der Waals surface area contributed by atoms with E-state index < -0.39 is 5.41 Å². The predicted molar refractivity (Wildman–Crippen MR) is 270 cm³/mol. The fourth-order valence-electron chi connectivity index (χ4n) is 10.6. The Bertz CT molecular complexity index is 3430. The number of nitrogens with zero attached hydrogens (tertiary/aromatic N) is 1. The van der Waals surface area contributed by atoms with Crippen molar-refractivity contribution in [1.29, 1.82) is 0 Å². The summed E-state index contributed by atoms with van der Waals surface area (Å²) in [6, 6.07) is 96.0. The molecule has 0 bridgehead atoms. The summed E-state index contributed by atoms with van der Waals surface area (Å²) < 4.78 is 0. The summed E-state index contributed by atoms with van der Waals surface area (Å²) in [5.41, 5.74) is 17.6. The minimum atomic E-state index is -0.556. The highest BCUT2D eigenvalue weighted by molar-refractivity contribution is 6.13. The van der Waals surface area contributed by atoms with Crippen molar-refractivity contribution in [2.45, 2.75) is 5.41 Å². The number of rotatable bonds is 8. The van der Waals surface area contributed by atoms with E-state index in [2.05, 4.69) is 266 Å². The fraction of sp³-hybridized carbons (Fsp3) is 0.0159. The predicted octanol–water partition coefficient (Wildman–Crippen LogP) is 16.8. The van der Waals surface area contributed by atoms with Gasteiger partial charge in [0, 0.05) is 16.6 Å². The number of para-hydroxylation sites is 1. The molecular formula is C63H43N. The van der Waals surface area contributed by atoms with Gasteiger partial charge in [0.05, 0.1) is 16.8 Å². The molecule has 300 valence electrons. The molecule has 0 unspecified atom stereocenters. The Balaban J connectivity index is 1.20. The number of fused-ring (bicyclic) bond motifs is 6. The van der Waals surface area contributed by atoms with Crippen molar-refractivity contribution < 1.29 is 0 Å². The minimum absolute atomic E-state index is 0.556. The number of hydrogen-bond acceptors (Lipinski definition) is 1. The molecule has 11 aromatic carbocycles. The second-order valence-electron chi connectivity index (χ2n) is 16.7. The Morgan fingerprint density at radius 2 is 0.766 bits per heavy atom. The third kappa shape index (κ3) is 5.93. The van der Waals surface area contributed by atoms with Crippen LogP contribution in [-0.2, 0) is 5.41 Å². The summed E-state index contributed by atoms with van der Waals surface area (Å²) in [4.78, 5) is 2.50.